The molecular formula is C22H21N3O6S. The van der Waals surface area contributed by atoms with E-state index in [1.807, 2.05) is 23.6 Å². The van der Waals surface area contributed by atoms with Crippen molar-refractivity contribution in [1.29, 1.82) is 0 Å². The van der Waals surface area contributed by atoms with Crippen LogP contribution in [0.1, 0.15) is 10.4 Å². The topological polar surface area (TPSA) is 108 Å². The van der Waals surface area contributed by atoms with Crippen LogP contribution in [-0.2, 0) is 4.79 Å². The Morgan fingerprint density at radius 1 is 1.03 bits per heavy atom. The van der Waals surface area contributed by atoms with Gasteiger partial charge in [-0.15, -0.1) is 11.3 Å². The second kappa shape index (κ2) is 9.56. The Hall–Kier alpha value is -3.79. The number of benzene rings is 2. The molecule has 32 heavy (non-hydrogen) atoms. The summed E-state index contributed by atoms with van der Waals surface area (Å²) in [5.74, 6) is 1.52. The monoisotopic (exact) mass is 455 g/mol. The maximum absolute atomic E-state index is 12.4. The number of nitrogens with zero attached hydrogens (tertiary/aromatic N) is 1. The standard InChI is InChI=1S/C22H21N3O6S/c1-28-15-7-14(8-16(10-15)29-2)21(27)23-11-20(26)25-22-24-17(12-32-22)13-3-4-18-19(9-13)31-6-5-30-18/h3-4,7-10,12H,5-6,11H2,1-2H3,(H,23,27)(H,24,25,26). The number of ether oxygens (including phenoxy) is 4. The normalized spacial score (nSPS) is 12.1. The Balaban J connectivity index is 1.35. The number of aromatic nitrogens is 1. The number of thiazole rings is 1. The number of amides is 2. The molecule has 166 valence electrons. The van der Waals surface area contributed by atoms with Crippen molar-refractivity contribution in [3.05, 3.63) is 47.3 Å². The van der Waals surface area contributed by atoms with E-state index in [1.54, 1.807) is 18.2 Å². The van der Waals surface area contributed by atoms with Gasteiger partial charge >= 0.3 is 0 Å². The molecular weight excluding hydrogens is 434 g/mol. The van der Waals surface area contributed by atoms with Crippen molar-refractivity contribution < 1.29 is 28.5 Å². The number of hydrogen-bond donors (Lipinski definition) is 2. The van der Waals surface area contributed by atoms with Gasteiger partial charge in [-0.3, -0.25) is 9.59 Å². The minimum atomic E-state index is -0.423. The summed E-state index contributed by atoms with van der Waals surface area (Å²) in [7, 11) is 2.99. The van der Waals surface area contributed by atoms with Gasteiger partial charge < -0.3 is 29.6 Å². The van der Waals surface area contributed by atoms with Crippen molar-refractivity contribution in [1.82, 2.24) is 10.3 Å². The van der Waals surface area contributed by atoms with Gasteiger partial charge in [-0.1, -0.05) is 0 Å². The summed E-state index contributed by atoms with van der Waals surface area (Å²) < 4.78 is 21.5. The summed E-state index contributed by atoms with van der Waals surface area (Å²) in [5.41, 5.74) is 1.88. The molecule has 0 spiro atoms. The van der Waals surface area contributed by atoms with Gasteiger partial charge in [-0.2, -0.15) is 0 Å². The van der Waals surface area contributed by atoms with E-state index in [0.717, 1.165) is 5.56 Å². The van der Waals surface area contributed by atoms with Gasteiger partial charge in [0.15, 0.2) is 16.6 Å². The van der Waals surface area contributed by atoms with E-state index in [4.69, 9.17) is 18.9 Å². The molecule has 2 aromatic carbocycles. The lowest BCUT2D eigenvalue weighted by molar-refractivity contribution is -0.115. The Bertz CT molecular complexity index is 1120. The zero-order valence-electron chi connectivity index (χ0n) is 17.5. The van der Waals surface area contributed by atoms with Crippen LogP contribution in [0.25, 0.3) is 11.3 Å². The first kappa shape index (κ1) is 21.4. The minimum absolute atomic E-state index is 0.211. The fourth-order valence-electron chi connectivity index (χ4n) is 3.03. The van der Waals surface area contributed by atoms with Crippen LogP contribution in [0.3, 0.4) is 0 Å². The van der Waals surface area contributed by atoms with Crippen molar-refractivity contribution in [3.63, 3.8) is 0 Å². The van der Waals surface area contributed by atoms with Gasteiger partial charge in [0.25, 0.3) is 5.91 Å². The fraction of sp³-hybridized carbons (Fsp3) is 0.227. The summed E-state index contributed by atoms with van der Waals surface area (Å²) in [6.45, 7) is 0.821. The molecule has 0 saturated carbocycles. The van der Waals surface area contributed by atoms with E-state index in [0.29, 0.717) is 52.6 Å². The van der Waals surface area contributed by atoms with Gasteiger partial charge in [0, 0.05) is 22.6 Å². The third-order valence-electron chi connectivity index (χ3n) is 4.61. The van der Waals surface area contributed by atoms with Crippen molar-refractivity contribution in [3.8, 4) is 34.3 Å². The molecule has 0 aliphatic carbocycles. The summed E-state index contributed by atoms with van der Waals surface area (Å²) in [4.78, 5) is 29.1. The second-order valence-electron chi connectivity index (χ2n) is 6.73. The number of fused-ring (bicyclic) bond motifs is 1. The van der Waals surface area contributed by atoms with Crippen LogP contribution in [-0.4, -0.2) is 50.8 Å². The number of carbonyl (C=O) groups is 2. The minimum Gasteiger partial charge on any atom is -0.497 e. The number of nitrogens with one attached hydrogen (secondary N) is 2. The molecule has 1 aromatic heterocycles. The van der Waals surface area contributed by atoms with Crippen molar-refractivity contribution >= 4 is 28.3 Å². The molecule has 9 nitrogen and oxygen atoms in total. The molecule has 4 rings (SSSR count). The first-order chi connectivity index (χ1) is 15.6. The molecule has 0 unspecified atom stereocenters. The highest BCUT2D eigenvalue weighted by atomic mass is 32.1. The predicted molar refractivity (Wildman–Crippen MR) is 119 cm³/mol. The highest BCUT2D eigenvalue weighted by Gasteiger charge is 2.15. The lowest BCUT2D eigenvalue weighted by Gasteiger charge is -2.18. The second-order valence-corrected chi connectivity index (χ2v) is 7.59. The molecule has 0 saturated heterocycles. The quantitative estimate of drug-likeness (QED) is 0.564. The zero-order chi connectivity index (χ0) is 22.5. The van der Waals surface area contributed by atoms with Crippen molar-refractivity contribution in [2.24, 2.45) is 0 Å². The van der Waals surface area contributed by atoms with E-state index < -0.39 is 11.8 Å². The third kappa shape index (κ3) is 4.92. The van der Waals surface area contributed by atoms with Crippen molar-refractivity contribution in [2.45, 2.75) is 0 Å². The first-order valence-corrected chi connectivity index (χ1v) is 10.6. The number of methoxy groups -OCH3 is 2. The van der Waals surface area contributed by atoms with Gasteiger partial charge in [-0.25, -0.2) is 4.98 Å². The molecule has 2 amide bonds. The number of carbonyl (C=O) groups excluding carboxylic acids is 2. The Labute approximate surface area is 188 Å². The Morgan fingerprint density at radius 2 is 1.75 bits per heavy atom. The third-order valence-corrected chi connectivity index (χ3v) is 5.37. The van der Waals surface area contributed by atoms with E-state index in [9.17, 15) is 9.59 Å². The van der Waals surface area contributed by atoms with Gasteiger partial charge in [0.05, 0.1) is 26.5 Å². The molecule has 0 atom stereocenters. The Kier molecular flexibility index (Phi) is 6.41. The lowest BCUT2D eigenvalue weighted by atomic mass is 10.1. The molecule has 0 fully saturated rings. The predicted octanol–water partition coefficient (Wildman–Crippen LogP) is 2.97. The van der Waals surface area contributed by atoms with Crippen LogP contribution in [0, 0.1) is 0 Å². The van der Waals surface area contributed by atoms with Crippen LogP contribution in [0.4, 0.5) is 5.13 Å². The van der Waals surface area contributed by atoms with Crippen LogP contribution in [0.5, 0.6) is 23.0 Å². The average molecular weight is 455 g/mol. The van der Waals surface area contributed by atoms with Crippen LogP contribution in [0.2, 0.25) is 0 Å². The maximum atomic E-state index is 12.4. The smallest absolute Gasteiger partial charge is 0.251 e. The first-order valence-electron chi connectivity index (χ1n) is 9.72. The maximum Gasteiger partial charge on any atom is 0.251 e. The largest absolute Gasteiger partial charge is 0.497 e. The molecule has 0 bridgehead atoms. The molecule has 10 heteroatoms. The van der Waals surface area contributed by atoms with Gasteiger partial charge in [0.1, 0.15) is 24.7 Å². The summed E-state index contributed by atoms with van der Waals surface area (Å²) in [6, 6.07) is 10.4. The fourth-order valence-corrected chi connectivity index (χ4v) is 3.77. The van der Waals surface area contributed by atoms with E-state index in [1.165, 1.54) is 25.6 Å². The lowest BCUT2D eigenvalue weighted by Crippen LogP contribution is -2.32. The summed E-state index contributed by atoms with van der Waals surface area (Å²) >= 11 is 1.29. The van der Waals surface area contributed by atoms with E-state index >= 15 is 0 Å². The highest BCUT2D eigenvalue weighted by Crippen LogP contribution is 2.35. The van der Waals surface area contributed by atoms with Crippen molar-refractivity contribution in [2.75, 3.05) is 39.3 Å². The summed E-state index contributed by atoms with van der Waals surface area (Å²) in [5, 5.41) is 7.54. The van der Waals surface area contributed by atoms with E-state index in [-0.39, 0.29) is 6.54 Å². The van der Waals surface area contributed by atoms with Gasteiger partial charge in [-0.05, 0) is 30.3 Å². The summed E-state index contributed by atoms with van der Waals surface area (Å²) in [6.07, 6.45) is 0. The molecule has 1 aliphatic heterocycles. The van der Waals surface area contributed by atoms with Crippen LogP contribution in [0.15, 0.2) is 41.8 Å². The number of hydrogen-bond acceptors (Lipinski definition) is 8. The van der Waals surface area contributed by atoms with E-state index in [2.05, 4.69) is 15.6 Å². The highest BCUT2D eigenvalue weighted by molar-refractivity contribution is 7.14. The van der Waals surface area contributed by atoms with Crippen LogP contribution >= 0.6 is 11.3 Å². The Morgan fingerprint density at radius 3 is 2.47 bits per heavy atom. The number of anilines is 1. The molecule has 3 aromatic rings. The van der Waals surface area contributed by atoms with Gasteiger partial charge in [0.2, 0.25) is 5.91 Å². The van der Waals surface area contributed by atoms with Crippen LogP contribution < -0.4 is 29.6 Å². The molecule has 2 heterocycles. The SMILES string of the molecule is COc1cc(OC)cc(C(=O)NCC(=O)Nc2nc(-c3ccc4c(c3)OCCO4)cs2)c1. The molecule has 2 N–H and O–H groups in total. The molecule has 1 aliphatic rings. The average Bonchev–Trinajstić information content (AvgIpc) is 3.30. The number of rotatable bonds is 7. The molecule has 0 radical (unpaired) electrons. The zero-order valence-corrected chi connectivity index (χ0v) is 18.3.